The van der Waals surface area contributed by atoms with Gasteiger partial charge in [-0.05, 0) is 26.7 Å². The third-order valence-corrected chi connectivity index (χ3v) is 3.73. The molecule has 15 heavy (non-hydrogen) atoms. The number of piperazine rings is 1. The minimum Gasteiger partial charge on any atom is -0.311 e. The SMILES string of the molecule is CCCCC(C)N1CC(CC)NCC1C. The van der Waals surface area contributed by atoms with Crippen LogP contribution in [0.1, 0.15) is 53.4 Å². The van der Waals surface area contributed by atoms with E-state index in [1.165, 1.54) is 32.2 Å². The number of hydrogen-bond acceptors (Lipinski definition) is 2. The van der Waals surface area contributed by atoms with Crippen LogP contribution < -0.4 is 5.32 Å². The first-order chi connectivity index (χ1) is 7.19. The minimum absolute atomic E-state index is 0.708. The molecule has 3 unspecified atom stereocenters. The quantitative estimate of drug-likeness (QED) is 0.753. The fourth-order valence-corrected chi connectivity index (χ4v) is 2.51. The van der Waals surface area contributed by atoms with E-state index in [1.54, 1.807) is 0 Å². The lowest BCUT2D eigenvalue weighted by molar-refractivity contribution is 0.0920. The van der Waals surface area contributed by atoms with E-state index < -0.39 is 0 Å². The molecule has 1 N–H and O–H groups in total. The summed E-state index contributed by atoms with van der Waals surface area (Å²) in [5, 5.41) is 3.62. The lowest BCUT2D eigenvalue weighted by atomic mass is 10.0. The summed E-state index contributed by atoms with van der Waals surface area (Å²) >= 11 is 0. The molecule has 1 heterocycles. The maximum Gasteiger partial charge on any atom is 0.0195 e. The molecule has 0 radical (unpaired) electrons. The van der Waals surface area contributed by atoms with Crippen LogP contribution in [0, 0.1) is 0 Å². The second-order valence-electron chi connectivity index (χ2n) is 5.05. The van der Waals surface area contributed by atoms with E-state index in [1.807, 2.05) is 0 Å². The van der Waals surface area contributed by atoms with Crippen molar-refractivity contribution in [2.24, 2.45) is 0 Å². The third kappa shape index (κ3) is 3.76. The van der Waals surface area contributed by atoms with Crippen LogP contribution >= 0.6 is 0 Å². The molecule has 0 aromatic heterocycles. The lowest BCUT2D eigenvalue weighted by Crippen LogP contribution is -2.57. The van der Waals surface area contributed by atoms with E-state index in [2.05, 4.69) is 37.9 Å². The van der Waals surface area contributed by atoms with Gasteiger partial charge in [-0.3, -0.25) is 4.90 Å². The maximum atomic E-state index is 3.62. The minimum atomic E-state index is 0.708. The van der Waals surface area contributed by atoms with E-state index in [-0.39, 0.29) is 0 Å². The molecule has 1 aliphatic rings. The molecule has 2 nitrogen and oxygen atoms in total. The Bertz CT molecular complexity index is 170. The molecule has 0 saturated carbocycles. The second-order valence-corrected chi connectivity index (χ2v) is 5.05. The van der Waals surface area contributed by atoms with Gasteiger partial charge in [0.05, 0.1) is 0 Å². The maximum absolute atomic E-state index is 3.62. The zero-order valence-corrected chi connectivity index (χ0v) is 10.9. The van der Waals surface area contributed by atoms with Crippen LogP contribution in [0.3, 0.4) is 0 Å². The molecule has 90 valence electrons. The van der Waals surface area contributed by atoms with E-state index in [0.29, 0.717) is 12.1 Å². The largest absolute Gasteiger partial charge is 0.311 e. The van der Waals surface area contributed by atoms with Gasteiger partial charge in [0, 0.05) is 31.2 Å². The van der Waals surface area contributed by atoms with E-state index in [9.17, 15) is 0 Å². The Kier molecular flexibility index (Phi) is 5.62. The normalized spacial score (nSPS) is 30.4. The molecule has 1 fully saturated rings. The zero-order valence-electron chi connectivity index (χ0n) is 10.9. The topological polar surface area (TPSA) is 15.3 Å². The van der Waals surface area contributed by atoms with Crippen molar-refractivity contribution >= 4 is 0 Å². The van der Waals surface area contributed by atoms with Crippen LogP contribution in [0.5, 0.6) is 0 Å². The van der Waals surface area contributed by atoms with Crippen molar-refractivity contribution in [3.05, 3.63) is 0 Å². The van der Waals surface area contributed by atoms with Gasteiger partial charge >= 0.3 is 0 Å². The average Bonchev–Trinajstić information content (AvgIpc) is 2.26. The van der Waals surface area contributed by atoms with E-state index >= 15 is 0 Å². The molecule has 0 aromatic rings. The van der Waals surface area contributed by atoms with Crippen LogP contribution in [-0.2, 0) is 0 Å². The van der Waals surface area contributed by atoms with Crippen LogP contribution in [0.2, 0.25) is 0 Å². The monoisotopic (exact) mass is 212 g/mol. The number of nitrogens with one attached hydrogen (secondary N) is 1. The van der Waals surface area contributed by atoms with Crippen molar-refractivity contribution in [3.63, 3.8) is 0 Å². The standard InChI is InChI=1S/C13H28N2/c1-5-7-8-11(3)15-10-13(6-2)14-9-12(15)4/h11-14H,5-10H2,1-4H3. The first-order valence-corrected chi connectivity index (χ1v) is 6.68. The Balaban J connectivity index is 2.42. The molecule has 0 spiro atoms. The highest BCUT2D eigenvalue weighted by Crippen LogP contribution is 2.16. The number of unbranched alkanes of at least 4 members (excludes halogenated alkanes) is 1. The fraction of sp³-hybridized carbons (Fsp3) is 1.00. The number of rotatable bonds is 5. The first-order valence-electron chi connectivity index (χ1n) is 6.68. The highest BCUT2D eigenvalue weighted by Gasteiger charge is 2.26. The second kappa shape index (κ2) is 6.49. The highest BCUT2D eigenvalue weighted by atomic mass is 15.2. The van der Waals surface area contributed by atoms with Crippen LogP contribution in [0.25, 0.3) is 0 Å². The molecular formula is C13H28N2. The summed E-state index contributed by atoms with van der Waals surface area (Å²) < 4.78 is 0. The first kappa shape index (κ1) is 13.0. The molecule has 0 aliphatic carbocycles. The van der Waals surface area contributed by atoms with Gasteiger partial charge in [-0.15, -0.1) is 0 Å². The summed E-state index contributed by atoms with van der Waals surface area (Å²) in [6.07, 6.45) is 5.30. The van der Waals surface area contributed by atoms with Crippen molar-refractivity contribution in [1.29, 1.82) is 0 Å². The van der Waals surface area contributed by atoms with Gasteiger partial charge in [0.15, 0.2) is 0 Å². The van der Waals surface area contributed by atoms with Gasteiger partial charge in [-0.25, -0.2) is 0 Å². The molecule has 0 bridgehead atoms. The van der Waals surface area contributed by atoms with Crippen molar-refractivity contribution < 1.29 is 0 Å². The lowest BCUT2D eigenvalue weighted by Gasteiger charge is -2.42. The molecule has 1 rings (SSSR count). The fourth-order valence-electron chi connectivity index (χ4n) is 2.51. The van der Waals surface area contributed by atoms with Crippen molar-refractivity contribution in [2.75, 3.05) is 13.1 Å². The van der Waals surface area contributed by atoms with Crippen LogP contribution in [0.4, 0.5) is 0 Å². The van der Waals surface area contributed by atoms with E-state index in [0.717, 1.165) is 12.6 Å². The van der Waals surface area contributed by atoms with Gasteiger partial charge in [-0.1, -0.05) is 26.7 Å². The van der Waals surface area contributed by atoms with Gasteiger partial charge in [0.25, 0.3) is 0 Å². The molecule has 0 aromatic carbocycles. The van der Waals surface area contributed by atoms with Gasteiger partial charge < -0.3 is 5.32 Å². The summed E-state index contributed by atoms with van der Waals surface area (Å²) in [6, 6.07) is 2.18. The van der Waals surface area contributed by atoms with Crippen molar-refractivity contribution in [2.45, 2.75) is 71.5 Å². The average molecular weight is 212 g/mol. The Morgan fingerprint density at radius 3 is 2.73 bits per heavy atom. The van der Waals surface area contributed by atoms with Gasteiger partial charge in [-0.2, -0.15) is 0 Å². The van der Waals surface area contributed by atoms with E-state index in [4.69, 9.17) is 0 Å². The Morgan fingerprint density at radius 1 is 1.40 bits per heavy atom. The highest BCUT2D eigenvalue weighted by molar-refractivity contribution is 4.85. The van der Waals surface area contributed by atoms with Gasteiger partial charge in [0.2, 0.25) is 0 Å². The van der Waals surface area contributed by atoms with Crippen molar-refractivity contribution in [1.82, 2.24) is 10.2 Å². The predicted molar refractivity (Wildman–Crippen MR) is 67.2 cm³/mol. The van der Waals surface area contributed by atoms with Crippen LogP contribution in [-0.4, -0.2) is 36.1 Å². The Hall–Kier alpha value is -0.0800. The molecule has 1 saturated heterocycles. The smallest absolute Gasteiger partial charge is 0.0195 e. The molecule has 3 atom stereocenters. The summed E-state index contributed by atoms with van der Waals surface area (Å²) in [5.41, 5.74) is 0. The van der Waals surface area contributed by atoms with Crippen LogP contribution in [0.15, 0.2) is 0 Å². The predicted octanol–water partition coefficient (Wildman–Crippen LogP) is 2.64. The zero-order chi connectivity index (χ0) is 11.3. The molecule has 2 heteroatoms. The summed E-state index contributed by atoms with van der Waals surface area (Å²) in [7, 11) is 0. The third-order valence-electron chi connectivity index (χ3n) is 3.73. The molecule has 1 aliphatic heterocycles. The Labute approximate surface area is 95.4 Å². The number of hydrogen-bond donors (Lipinski definition) is 1. The summed E-state index contributed by atoms with van der Waals surface area (Å²) in [4.78, 5) is 2.69. The van der Waals surface area contributed by atoms with Crippen molar-refractivity contribution in [3.8, 4) is 0 Å². The Morgan fingerprint density at radius 2 is 2.13 bits per heavy atom. The van der Waals surface area contributed by atoms with Gasteiger partial charge in [0.1, 0.15) is 0 Å². The molecule has 0 amide bonds. The summed E-state index contributed by atoms with van der Waals surface area (Å²) in [5.74, 6) is 0. The summed E-state index contributed by atoms with van der Waals surface area (Å²) in [6.45, 7) is 11.7. The number of nitrogens with zero attached hydrogens (tertiary/aromatic N) is 1. The molecular weight excluding hydrogens is 184 g/mol.